The molecule has 1 saturated heterocycles. The van der Waals surface area contributed by atoms with Crippen LogP contribution in [0.2, 0.25) is 0 Å². The minimum atomic E-state index is -1.10. The van der Waals surface area contributed by atoms with Crippen molar-refractivity contribution >= 4 is 22.8 Å². The number of fused-ring (bicyclic) bond motifs is 1. The number of likely N-dealkylation sites (tertiary alicyclic amines) is 1. The van der Waals surface area contributed by atoms with E-state index in [-0.39, 0.29) is 12.3 Å². The van der Waals surface area contributed by atoms with Crippen molar-refractivity contribution in [1.82, 2.24) is 14.7 Å². The number of amides is 1. The van der Waals surface area contributed by atoms with Crippen LogP contribution in [0.15, 0.2) is 24.3 Å². The fourth-order valence-electron chi connectivity index (χ4n) is 3.24. The number of aromatic nitrogens is 2. The molecule has 116 valence electrons. The van der Waals surface area contributed by atoms with Gasteiger partial charge in [0.1, 0.15) is 5.54 Å². The van der Waals surface area contributed by atoms with Crippen molar-refractivity contribution in [2.45, 2.75) is 31.7 Å². The van der Waals surface area contributed by atoms with Crippen LogP contribution >= 0.6 is 0 Å². The molecule has 1 aromatic heterocycles. The summed E-state index contributed by atoms with van der Waals surface area (Å²) in [6.45, 7) is 2.11. The number of aryl methyl sites for hydroxylation is 1. The standard InChI is InChI=1S/C16H19N3O3/c1-16(15(21)22)8-5-9-19(16)14(20)10-12-11-6-3-4-7-13(11)18(2)17-12/h3-4,6-7H,5,8-10H2,1-2H3,(H,21,22). The monoisotopic (exact) mass is 301 g/mol. The zero-order valence-electron chi connectivity index (χ0n) is 12.7. The molecule has 2 heterocycles. The average molecular weight is 301 g/mol. The number of hydrogen-bond acceptors (Lipinski definition) is 3. The molecule has 2 aromatic rings. The van der Waals surface area contributed by atoms with E-state index in [1.165, 1.54) is 4.90 Å². The van der Waals surface area contributed by atoms with Crippen LogP contribution in [0.1, 0.15) is 25.5 Å². The normalized spacial score (nSPS) is 21.5. The van der Waals surface area contributed by atoms with E-state index < -0.39 is 11.5 Å². The molecule has 1 unspecified atom stereocenters. The Morgan fingerprint density at radius 2 is 2.09 bits per heavy atom. The van der Waals surface area contributed by atoms with Gasteiger partial charge in [0.2, 0.25) is 5.91 Å². The van der Waals surface area contributed by atoms with Crippen LogP contribution in [0.3, 0.4) is 0 Å². The minimum Gasteiger partial charge on any atom is -0.480 e. The molecule has 22 heavy (non-hydrogen) atoms. The highest BCUT2D eigenvalue weighted by Gasteiger charge is 2.45. The molecule has 1 aromatic carbocycles. The molecule has 6 heteroatoms. The van der Waals surface area contributed by atoms with Crippen molar-refractivity contribution in [1.29, 1.82) is 0 Å². The number of para-hydroxylation sites is 1. The molecule has 0 radical (unpaired) electrons. The zero-order chi connectivity index (χ0) is 15.9. The Kier molecular flexibility index (Phi) is 3.39. The fourth-order valence-corrected chi connectivity index (χ4v) is 3.24. The topological polar surface area (TPSA) is 75.4 Å². The summed E-state index contributed by atoms with van der Waals surface area (Å²) in [6.07, 6.45) is 1.35. The number of carboxylic acids is 1. The maximum Gasteiger partial charge on any atom is 0.329 e. The molecular formula is C16H19N3O3. The van der Waals surface area contributed by atoms with Gasteiger partial charge in [0.05, 0.1) is 17.6 Å². The summed E-state index contributed by atoms with van der Waals surface area (Å²) in [5, 5.41) is 14.8. The van der Waals surface area contributed by atoms with Gasteiger partial charge in [0.25, 0.3) is 0 Å². The SMILES string of the molecule is Cn1nc(CC(=O)N2CCCC2(C)C(=O)O)c2ccccc21. The van der Waals surface area contributed by atoms with Crippen LogP contribution in [0.25, 0.3) is 10.9 Å². The fraction of sp³-hybridized carbons (Fsp3) is 0.438. The van der Waals surface area contributed by atoms with Gasteiger partial charge < -0.3 is 10.0 Å². The highest BCUT2D eigenvalue weighted by atomic mass is 16.4. The molecule has 0 saturated carbocycles. The Morgan fingerprint density at radius 1 is 1.36 bits per heavy atom. The number of carbonyl (C=O) groups excluding carboxylic acids is 1. The maximum absolute atomic E-state index is 12.6. The molecule has 0 aliphatic carbocycles. The first-order valence-electron chi connectivity index (χ1n) is 7.38. The van der Waals surface area contributed by atoms with Crippen LogP contribution in [0.5, 0.6) is 0 Å². The summed E-state index contributed by atoms with van der Waals surface area (Å²) in [4.78, 5) is 25.6. The molecule has 0 bridgehead atoms. The largest absolute Gasteiger partial charge is 0.480 e. The number of benzene rings is 1. The average Bonchev–Trinajstić information content (AvgIpc) is 3.02. The third-order valence-corrected chi connectivity index (χ3v) is 4.56. The zero-order valence-corrected chi connectivity index (χ0v) is 12.7. The lowest BCUT2D eigenvalue weighted by atomic mass is 9.99. The summed E-state index contributed by atoms with van der Waals surface area (Å²) >= 11 is 0. The molecule has 3 rings (SSSR count). The number of nitrogens with zero attached hydrogens (tertiary/aromatic N) is 3. The van der Waals surface area contributed by atoms with Gasteiger partial charge in [-0.25, -0.2) is 4.79 Å². The second-order valence-electron chi connectivity index (χ2n) is 5.99. The van der Waals surface area contributed by atoms with Gasteiger partial charge in [0.15, 0.2) is 0 Å². The molecular weight excluding hydrogens is 282 g/mol. The number of hydrogen-bond donors (Lipinski definition) is 1. The summed E-state index contributed by atoms with van der Waals surface area (Å²) in [7, 11) is 1.84. The first-order chi connectivity index (χ1) is 10.4. The van der Waals surface area contributed by atoms with Gasteiger partial charge in [-0.3, -0.25) is 9.48 Å². The molecule has 6 nitrogen and oxygen atoms in total. The smallest absolute Gasteiger partial charge is 0.329 e. The van der Waals surface area contributed by atoms with Crippen molar-refractivity contribution < 1.29 is 14.7 Å². The molecule has 1 fully saturated rings. The van der Waals surface area contributed by atoms with Crippen LogP contribution in [0, 0.1) is 0 Å². The number of rotatable bonds is 3. The molecule has 0 spiro atoms. The van der Waals surface area contributed by atoms with Crippen molar-refractivity contribution in [2.75, 3.05) is 6.54 Å². The number of carbonyl (C=O) groups is 2. The molecule has 1 N–H and O–H groups in total. The number of aliphatic carboxylic acids is 1. The van der Waals surface area contributed by atoms with Crippen LogP contribution in [-0.4, -0.2) is 43.7 Å². The summed E-state index contributed by atoms with van der Waals surface area (Å²) in [5.74, 6) is -1.12. The summed E-state index contributed by atoms with van der Waals surface area (Å²) in [6, 6.07) is 7.73. The van der Waals surface area contributed by atoms with Gasteiger partial charge in [-0.05, 0) is 25.8 Å². The first kappa shape index (κ1) is 14.6. The molecule has 1 amide bonds. The molecule has 1 atom stereocenters. The van der Waals surface area contributed by atoms with Crippen molar-refractivity contribution in [3.63, 3.8) is 0 Å². The van der Waals surface area contributed by atoms with E-state index in [4.69, 9.17) is 0 Å². The molecule has 1 aliphatic heterocycles. The van der Waals surface area contributed by atoms with E-state index >= 15 is 0 Å². The summed E-state index contributed by atoms with van der Waals surface area (Å²) in [5.41, 5.74) is 0.567. The van der Waals surface area contributed by atoms with Gasteiger partial charge >= 0.3 is 5.97 Å². The van der Waals surface area contributed by atoms with Gasteiger partial charge in [0, 0.05) is 19.0 Å². The van der Waals surface area contributed by atoms with E-state index in [0.29, 0.717) is 18.7 Å². The lowest BCUT2D eigenvalue weighted by Crippen LogP contribution is -2.51. The highest BCUT2D eigenvalue weighted by molar-refractivity contribution is 5.91. The Balaban J connectivity index is 1.89. The van der Waals surface area contributed by atoms with Crippen LogP contribution in [-0.2, 0) is 23.1 Å². The highest BCUT2D eigenvalue weighted by Crippen LogP contribution is 2.30. The van der Waals surface area contributed by atoms with E-state index in [1.807, 2.05) is 31.3 Å². The third-order valence-electron chi connectivity index (χ3n) is 4.56. The van der Waals surface area contributed by atoms with Gasteiger partial charge in [-0.1, -0.05) is 18.2 Å². The van der Waals surface area contributed by atoms with Crippen molar-refractivity contribution in [3.8, 4) is 0 Å². The van der Waals surface area contributed by atoms with Crippen molar-refractivity contribution in [2.24, 2.45) is 7.05 Å². The third kappa shape index (κ3) is 2.15. The van der Waals surface area contributed by atoms with E-state index in [9.17, 15) is 14.7 Å². The number of carboxylic acid groups (broad SMARTS) is 1. The van der Waals surface area contributed by atoms with E-state index in [1.54, 1.807) is 11.6 Å². The Labute approximate surface area is 128 Å². The maximum atomic E-state index is 12.6. The van der Waals surface area contributed by atoms with Gasteiger partial charge in [-0.15, -0.1) is 0 Å². The Bertz CT molecular complexity index is 752. The van der Waals surface area contributed by atoms with Crippen LogP contribution in [0.4, 0.5) is 0 Å². The molecule has 1 aliphatic rings. The second kappa shape index (κ2) is 5.12. The van der Waals surface area contributed by atoms with Crippen molar-refractivity contribution in [3.05, 3.63) is 30.0 Å². The van der Waals surface area contributed by atoms with E-state index in [2.05, 4.69) is 5.10 Å². The lowest BCUT2D eigenvalue weighted by Gasteiger charge is -2.31. The quantitative estimate of drug-likeness (QED) is 0.934. The van der Waals surface area contributed by atoms with Crippen LogP contribution < -0.4 is 0 Å². The Hall–Kier alpha value is -2.37. The predicted octanol–water partition coefficient (Wildman–Crippen LogP) is 1.58. The second-order valence-corrected chi connectivity index (χ2v) is 5.99. The predicted molar refractivity (Wildman–Crippen MR) is 81.4 cm³/mol. The Morgan fingerprint density at radius 3 is 2.82 bits per heavy atom. The van der Waals surface area contributed by atoms with E-state index in [0.717, 1.165) is 17.3 Å². The lowest BCUT2D eigenvalue weighted by molar-refractivity contribution is -0.155. The summed E-state index contributed by atoms with van der Waals surface area (Å²) < 4.78 is 1.75. The minimum absolute atomic E-state index is 0.129. The van der Waals surface area contributed by atoms with Gasteiger partial charge in [-0.2, -0.15) is 5.10 Å². The first-order valence-corrected chi connectivity index (χ1v) is 7.38.